The number of carbonyl (C=O) groups excluding carboxylic acids is 1. The Hall–Kier alpha value is -2.50. The minimum atomic E-state index is -4.39. The lowest BCUT2D eigenvalue weighted by Crippen LogP contribution is -2.12. The summed E-state index contributed by atoms with van der Waals surface area (Å²) in [5.74, 6) is 0.101. The van der Waals surface area contributed by atoms with Gasteiger partial charge in [-0.1, -0.05) is 6.07 Å². The molecular formula is C15H12F3NO2. The van der Waals surface area contributed by atoms with Gasteiger partial charge in [0, 0.05) is 11.3 Å². The van der Waals surface area contributed by atoms with Crippen molar-refractivity contribution >= 4 is 11.6 Å². The lowest BCUT2D eigenvalue weighted by molar-refractivity contribution is -0.137. The standard InChI is InChI=1S/C15H12F3NO2/c1-21-13-4-2-3-10(9-13)14(20)19-12-7-5-11(6-8-12)15(16,17)18/h2-9H,1H3,(H,19,20). The summed E-state index contributed by atoms with van der Waals surface area (Å²) < 4.78 is 42.3. The van der Waals surface area contributed by atoms with Crippen LogP contribution in [0.25, 0.3) is 0 Å². The summed E-state index contributed by atoms with van der Waals surface area (Å²) in [6.45, 7) is 0. The van der Waals surface area contributed by atoms with E-state index in [9.17, 15) is 18.0 Å². The molecule has 0 unspecified atom stereocenters. The van der Waals surface area contributed by atoms with Gasteiger partial charge >= 0.3 is 6.18 Å². The van der Waals surface area contributed by atoms with Gasteiger partial charge in [0.25, 0.3) is 5.91 Å². The molecule has 0 aliphatic carbocycles. The molecule has 1 N–H and O–H groups in total. The Bertz CT molecular complexity index is 636. The van der Waals surface area contributed by atoms with Crippen molar-refractivity contribution < 1.29 is 22.7 Å². The molecule has 0 heterocycles. The molecule has 0 aromatic heterocycles. The van der Waals surface area contributed by atoms with Crippen molar-refractivity contribution in [1.29, 1.82) is 0 Å². The number of rotatable bonds is 3. The predicted molar refractivity (Wildman–Crippen MR) is 72.4 cm³/mol. The molecule has 110 valence electrons. The Labute approximate surface area is 119 Å². The average Bonchev–Trinajstić information content (AvgIpc) is 2.47. The van der Waals surface area contributed by atoms with Gasteiger partial charge in [0.1, 0.15) is 5.75 Å². The summed E-state index contributed by atoms with van der Waals surface area (Å²) in [6, 6.07) is 10.7. The summed E-state index contributed by atoms with van der Waals surface area (Å²) in [7, 11) is 1.48. The first-order valence-corrected chi connectivity index (χ1v) is 6.03. The fourth-order valence-corrected chi connectivity index (χ4v) is 1.71. The van der Waals surface area contributed by atoms with Gasteiger partial charge < -0.3 is 10.1 Å². The van der Waals surface area contributed by atoms with Gasteiger partial charge in [-0.25, -0.2) is 0 Å². The maximum Gasteiger partial charge on any atom is 0.416 e. The molecular weight excluding hydrogens is 283 g/mol. The fraction of sp³-hybridized carbons (Fsp3) is 0.133. The number of benzene rings is 2. The summed E-state index contributed by atoms with van der Waals surface area (Å²) in [4.78, 5) is 12.0. The van der Waals surface area contributed by atoms with E-state index in [-0.39, 0.29) is 5.69 Å². The molecule has 0 aliphatic rings. The average molecular weight is 295 g/mol. The van der Waals surface area contributed by atoms with Crippen molar-refractivity contribution in [3.8, 4) is 5.75 Å². The fourth-order valence-electron chi connectivity index (χ4n) is 1.71. The van der Waals surface area contributed by atoms with Crippen molar-refractivity contribution in [2.45, 2.75) is 6.18 Å². The number of hydrogen-bond acceptors (Lipinski definition) is 2. The lowest BCUT2D eigenvalue weighted by Gasteiger charge is -2.09. The number of carbonyl (C=O) groups is 1. The van der Waals surface area contributed by atoms with Crippen LogP contribution in [-0.4, -0.2) is 13.0 Å². The van der Waals surface area contributed by atoms with Gasteiger partial charge in [-0.2, -0.15) is 13.2 Å². The van der Waals surface area contributed by atoms with Crippen LogP contribution in [0.3, 0.4) is 0 Å². The second-order valence-electron chi connectivity index (χ2n) is 4.26. The Morgan fingerprint density at radius 3 is 2.33 bits per heavy atom. The molecule has 0 fully saturated rings. The number of nitrogens with one attached hydrogen (secondary N) is 1. The molecule has 2 rings (SSSR count). The Kier molecular flexibility index (Phi) is 4.16. The van der Waals surface area contributed by atoms with E-state index < -0.39 is 17.6 Å². The summed E-state index contributed by atoms with van der Waals surface area (Å²) in [6.07, 6.45) is -4.39. The SMILES string of the molecule is COc1cccc(C(=O)Nc2ccc(C(F)(F)F)cc2)c1. The number of ether oxygens (including phenoxy) is 1. The van der Waals surface area contributed by atoms with E-state index in [2.05, 4.69) is 5.32 Å². The second-order valence-corrected chi connectivity index (χ2v) is 4.26. The highest BCUT2D eigenvalue weighted by Crippen LogP contribution is 2.29. The summed E-state index contributed by atoms with van der Waals surface area (Å²) in [5, 5.41) is 2.53. The Morgan fingerprint density at radius 2 is 1.76 bits per heavy atom. The highest BCUT2D eigenvalue weighted by molar-refractivity contribution is 6.04. The van der Waals surface area contributed by atoms with Crippen LogP contribution < -0.4 is 10.1 Å². The van der Waals surface area contributed by atoms with Crippen molar-refractivity contribution in [2.75, 3.05) is 12.4 Å². The highest BCUT2D eigenvalue weighted by Gasteiger charge is 2.29. The van der Waals surface area contributed by atoms with E-state index in [4.69, 9.17) is 4.74 Å². The Balaban J connectivity index is 2.12. The molecule has 3 nitrogen and oxygen atoms in total. The van der Waals surface area contributed by atoms with Gasteiger partial charge in [0.15, 0.2) is 0 Å². The largest absolute Gasteiger partial charge is 0.497 e. The van der Waals surface area contributed by atoms with Crippen molar-refractivity contribution in [3.05, 3.63) is 59.7 Å². The number of methoxy groups -OCH3 is 1. The van der Waals surface area contributed by atoms with Crippen LogP contribution in [0.4, 0.5) is 18.9 Å². The maximum absolute atomic E-state index is 12.4. The van der Waals surface area contributed by atoms with E-state index in [0.717, 1.165) is 12.1 Å². The zero-order chi connectivity index (χ0) is 15.5. The quantitative estimate of drug-likeness (QED) is 0.930. The van der Waals surface area contributed by atoms with Crippen molar-refractivity contribution in [1.82, 2.24) is 0 Å². The van der Waals surface area contributed by atoms with Crippen LogP contribution in [0, 0.1) is 0 Å². The molecule has 0 radical (unpaired) electrons. The van der Waals surface area contributed by atoms with E-state index in [0.29, 0.717) is 11.3 Å². The minimum Gasteiger partial charge on any atom is -0.497 e. The van der Waals surface area contributed by atoms with Gasteiger partial charge in [-0.3, -0.25) is 4.79 Å². The zero-order valence-corrected chi connectivity index (χ0v) is 11.1. The van der Waals surface area contributed by atoms with Crippen LogP contribution >= 0.6 is 0 Å². The van der Waals surface area contributed by atoms with Crippen molar-refractivity contribution in [2.24, 2.45) is 0 Å². The topological polar surface area (TPSA) is 38.3 Å². The van der Waals surface area contributed by atoms with Crippen LogP contribution in [0.5, 0.6) is 5.75 Å². The molecule has 6 heteroatoms. The molecule has 0 spiro atoms. The normalized spacial score (nSPS) is 11.0. The number of hydrogen-bond donors (Lipinski definition) is 1. The zero-order valence-electron chi connectivity index (χ0n) is 11.1. The van der Waals surface area contributed by atoms with Crippen LogP contribution in [-0.2, 0) is 6.18 Å². The van der Waals surface area contributed by atoms with Crippen LogP contribution in [0.1, 0.15) is 15.9 Å². The minimum absolute atomic E-state index is 0.288. The molecule has 0 atom stereocenters. The molecule has 0 bridgehead atoms. The number of amides is 1. The first-order chi connectivity index (χ1) is 9.90. The van der Waals surface area contributed by atoms with Gasteiger partial charge in [0.05, 0.1) is 12.7 Å². The van der Waals surface area contributed by atoms with Crippen LogP contribution in [0.2, 0.25) is 0 Å². The summed E-state index contributed by atoms with van der Waals surface area (Å²) >= 11 is 0. The molecule has 1 amide bonds. The second kappa shape index (κ2) is 5.87. The van der Waals surface area contributed by atoms with E-state index >= 15 is 0 Å². The highest BCUT2D eigenvalue weighted by atomic mass is 19.4. The van der Waals surface area contributed by atoms with E-state index in [1.807, 2.05) is 0 Å². The third-order valence-electron chi connectivity index (χ3n) is 2.80. The maximum atomic E-state index is 12.4. The predicted octanol–water partition coefficient (Wildman–Crippen LogP) is 3.97. The lowest BCUT2D eigenvalue weighted by atomic mass is 10.1. The third kappa shape index (κ3) is 3.75. The molecule has 0 saturated heterocycles. The monoisotopic (exact) mass is 295 g/mol. The van der Waals surface area contributed by atoms with Gasteiger partial charge in [-0.15, -0.1) is 0 Å². The molecule has 0 aliphatic heterocycles. The van der Waals surface area contributed by atoms with E-state index in [1.54, 1.807) is 24.3 Å². The Morgan fingerprint density at radius 1 is 1.10 bits per heavy atom. The first kappa shape index (κ1) is 14.9. The van der Waals surface area contributed by atoms with Gasteiger partial charge in [0.2, 0.25) is 0 Å². The smallest absolute Gasteiger partial charge is 0.416 e. The number of anilines is 1. The summed E-state index contributed by atoms with van der Waals surface area (Å²) in [5.41, 5.74) is -0.119. The molecule has 0 saturated carbocycles. The van der Waals surface area contributed by atoms with Crippen molar-refractivity contribution in [3.63, 3.8) is 0 Å². The molecule has 2 aromatic rings. The van der Waals surface area contributed by atoms with E-state index in [1.165, 1.54) is 19.2 Å². The van der Waals surface area contributed by atoms with Gasteiger partial charge in [-0.05, 0) is 42.5 Å². The number of halogens is 3. The first-order valence-electron chi connectivity index (χ1n) is 6.03. The number of alkyl halides is 3. The third-order valence-corrected chi connectivity index (χ3v) is 2.80. The molecule has 21 heavy (non-hydrogen) atoms. The molecule has 2 aromatic carbocycles. The van der Waals surface area contributed by atoms with Crippen LogP contribution in [0.15, 0.2) is 48.5 Å².